The molecule has 0 heterocycles. The molecule has 2 aliphatic carbocycles. The molecule has 1 aromatic carbocycles. The van der Waals surface area contributed by atoms with Crippen molar-refractivity contribution < 1.29 is 8.42 Å². The predicted octanol–water partition coefficient (Wildman–Crippen LogP) is 3.48. The van der Waals surface area contributed by atoms with E-state index < -0.39 is 9.84 Å². The maximum atomic E-state index is 11.6. The first-order valence-corrected chi connectivity index (χ1v) is 12.1. The molecule has 0 amide bonds. The Kier molecular flexibility index (Phi) is 7.63. The summed E-state index contributed by atoms with van der Waals surface area (Å²) in [5.74, 6) is 1.03. The topological polar surface area (TPSA) is 70.6 Å². The molecule has 0 aliphatic heterocycles. The zero-order chi connectivity index (χ0) is 18.8. The zero-order valence-electron chi connectivity index (χ0n) is 15.9. The summed E-state index contributed by atoms with van der Waals surface area (Å²) in [4.78, 5) is 4.69. The predicted molar refractivity (Wildman–Crippen MR) is 126 cm³/mol. The standard InChI is InChI=1S/C19H28BrN3O2S.HI/c1-3-21-17(22-12-18(7-8-18)14-26(2,24)25)23-13-19(9-10-19)15-5-4-6-16(20)11-15;/h4-6,11H,3,7-10,12-14H2,1-2H3,(H2,21,22,23);1H. The van der Waals surface area contributed by atoms with Crippen LogP contribution in [0.1, 0.15) is 38.2 Å². The highest BCUT2D eigenvalue weighted by molar-refractivity contribution is 14.0. The van der Waals surface area contributed by atoms with Crippen LogP contribution in [0.5, 0.6) is 0 Å². The van der Waals surface area contributed by atoms with Gasteiger partial charge in [-0.1, -0.05) is 28.1 Å². The van der Waals surface area contributed by atoms with Gasteiger partial charge in [0.15, 0.2) is 5.96 Å². The van der Waals surface area contributed by atoms with E-state index in [9.17, 15) is 8.42 Å². The van der Waals surface area contributed by atoms with Crippen molar-refractivity contribution in [3.05, 3.63) is 34.3 Å². The van der Waals surface area contributed by atoms with E-state index in [1.165, 1.54) is 24.7 Å². The van der Waals surface area contributed by atoms with E-state index in [0.717, 1.165) is 36.4 Å². The summed E-state index contributed by atoms with van der Waals surface area (Å²) in [7, 11) is -2.96. The Labute approximate surface area is 188 Å². The number of nitrogens with zero attached hydrogens (tertiary/aromatic N) is 1. The fraction of sp³-hybridized carbons (Fsp3) is 0.632. The minimum Gasteiger partial charge on any atom is -0.357 e. The molecule has 152 valence electrons. The Morgan fingerprint density at radius 2 is 1.93 bits per heavy atom. The average Bonchev–Trinajstić information content (AvgIpc) is 3.46. The van der Waals surface area contributed by atoms with Crippen molar-refractivity contribution in [2.24, 2.45) is 10.4 Å². The minimum absolute atomic E-state index is 0. The van der Waals surface area contributed by atoms with Crippen LogP contribution in [0.15, 0.2) is 33.7 Å². The number of aliphatic imine (C=N–C) groups is 1. The van der Waals surface area contributed by atoms with Crippen LogP contribution in [0.2, 0.25) is 0 Å². The van der Waals surface area contributed by atoms with Gasteiger partial charge in [0, 0.05) is 41.2 Å². The molecule has 0 spiro atoms. The van der Waals surface area contributed by atoms with Crippen LogP contribution in [0.25, 0.3) is 0 Å². The van der Waals surface area contributed by atoms with Crippen LogP contribution in [-0.4, -0.2) is 46.0 Å². The van der Waals surface area contributed by atoms with E-state index in [4.69, 9.17) is 4.99 Å². The number of rotatable bonds is 8. The molecule has 3 rings (SSSR count). The van der Waals surface area contributed by atoms with Gasteiger partial charge < -0.3 is 10.6 Å². The normalized spacial score (nSPS) is 19.7. The Bertz CT molecular complexity index is 790. The second-order valence-electron chi connectivity index (χ2n) is 7.91. The highest BCUT2D eigenvalue weighted by Crippen LogP contribution is 2.48. The Morgan fingerprint density at radius 3 is 2.44 bits per heavy atom. The summed E-state index contributed by atoms with van der Waals surface area (Å²) >= 11 is 3.56. The van der Waals surface area contributed by atoms with Crippen LogP contribution in [-0.2, 0) is 15.3 Å². The smallest absolute Gasteiger partial charge is 0.191 e. The van der Waals surface area contributed by atoms with Crippen molar-refractivity contribution in [3.63, 3.8) is 0 Å². The molecule has 0 atom stereocenters. The average molecular weight is 570 g/mol. The van der Waals surface area contributed by atoms with Crippen molar-refractivity contribution in [1.29, 1.82) is 0 Å². The number of guanidine groups is 1. The first kappa shape index (κ1) is 22.9. The van der Waals surface area contributed by atoms with Gasteiger partial charge in [-0.2, -0.15) is 0 Å². The first-order valence-electron chi connectivity index (χ1n) is 9.22. The van der Waals surface area contributed by atoms with Crippen LogP contribution >= 0.6 is 39.9 Å². The third-order valence-corrected chi connectivity index (χ3v) is 6.96. The highest BCUT2D eigenvalue weighted by Gasteiger charge is 2.46. The monoisotopic (exact) mass is 569 g/mol. The molecule has 0 saturated heterocycles. The van der Waals surface area contributed by atoms with E-state index in [1.807, 2.05) is 6.92 Å². The lowest BCUT2D eigenvalue weighted by atomic mass is 9.96. The number of hydrogen-bond acceptors (Lipinski definition) is 3. The van der Waals surface area contributed by atoms with Gasteiger partial charge in [0.25, 0.3) is 0 Å². The Morgan fingerprint density at radius 1 is 1.22 bits per heavy atom. The van der Waals surface area contributed by atoms with Crippen LogP contribution in [0.3, 0.4) is 0 Å². The van der Waals surface area contributed by atoms with E-state index in [-0.39, 0.29) is 40.6 Å². The largest absolute Gasteiger partial charge is 0.357 e. The third kappa shape index (κ3) is 6.59. The number of sulfone groups is 1. The SMILES string of the molecule is CCNC(=NCC1(CS(C)(=O)=O)CC1)NCC1(c2cccc(Br)c2)CC1.I. The van der Waals surface area contributed by atoms with Crippen LogP contribution in [0.4, 0.5) is 0 Å². The molecule has 0 aromatic heterocycles. The summed E-state index contributed by atoms with van der Waals surface area (Å²) < 4.78 is 24.4. The zero-order valence-corrected chi connectivity index (χ0v) is 20.7. The second kappa shape index (κ2) is 8.98. The van der Waals surface area contributed by atoms with E-state index in [1.54, 1.807) is 0 Å². The van der Waals surface area contributed by atoms with Crippen LogP contribution in [0, 0.1) is 5.41 Å². The number of nitrogens with one attached hydrogen (secondary N) is 2. The van der Waals surface area contributed by atoms with E-state index in [2.05, 4.69) is 50.8 Å². The van der Waals surface area contributed by atoms with Gasteiger partial charge in [0.05, 0.1) is 5.75 Å². The molecule has 0 bridgehead atoms. The molecule has 2 fully saturated rings. The minimum atomic E-state index is -2.96. The molecule has 0 unspecified atom stereocenters. The van der Waals surface area contributed by atoms with Crippen molar-refractivity contribution in [3.8, 4) is 0 Å². The maximum absolute atomic E-state index is 11.6. The fourth-order valence-corrected chi connectivity index (χ4v) is 5.35. The van der Waals surface area contributed by atoms with Gasteiger partial charge in [-0.25, -0.2) is 8.42 Å². The van der Waals surface area contributed by atoms with Crippen molar-refractivity contribution in [1.82, 2.24) is 10.6 Å². The molecule has 0 radical (unpaired) electrons. The summed E-state index contributed by atoms with van der Waals surface area (Å²) in [5.41, 5.74) is 1.40. The third-order valence-electron chi connectivity index (χ3n) is 5.33. The van der Waals surface area contributed by atoms with Crippen molar-refractivity contribution in [2.45, 2.75) is 38.0 Å². The second-order valence-corrected chi connectivity index (χ2v) is 11.0. The summed E-state index contributed by atoms with van der Waals surface area (Å²) in [6, 6.07) is 8.52. The van der Waals surface area contributed by atoms with Gasteiger partial charge in [0.1, 0.15) is 9.84 Å². The van der Waals surface area contributed by atoms with Gasteiger partial charge in [-0.15, -0.1) is 24.0 Å². The molecule has 8 heteroatoms. The molecule has 5 nitrogen and oxygen atoms in total. The van der Waals surface area contributed by atoms with Gasteiger partial charge >= 0.3 is 0 Å². The molecule has 1 aromatic rings. The lowest BCUT2D eigenvalue weighted by Gasteiger charge is -2.20. The van der Waals surface area contributed by atoms with Crippen molar-refractivity contribution >= 4 is 55.7 Å². The molecule has 2 aliphatic rings. The summed E-state index contributed by atoms with van der Waals surface area (Å²) in [6.07, 6.45) is 5.56. The fourth-order valence-electron chi connectivity index (χ4n) is 3.46. The first-order chi connectivity index (χ1) is 12.3. The molecule has 27 heavy (non-hydrogen) atoms. The summed E-state index contributed by atoms with van der Waals surface area (Å²) in [5, 5.41) is 6.77. The Hall–Kier alpha value is -0.350. The quantitative estimate of drug-likeness (QED) is 0.286. The van der Waals surface area contributed by atoms with Gasteiger partial charge in [0.2, 0.25) is 0 Å². The molecule has 2 N–H and O–H groups in total. The molecular formula is C19H29BrIN3O2S. The number of hydrogen-bond donors (Lipinski definition) is 2. The van der Waals surface area contributed by atoms with Crippen molar-refractivity contribution in [2.75, 3.05) is 31.6 Å². The van der Waals surface area contributed by atoms with Gasteiger partial charge in [-0.05, 0) is 50.3 Å². The summed E-state index contributed by atoms with van der Waals surface area (Å²) in [6.45, 7) is 4.24. The number of benzene rings is 1. The molecule has 2 saturated carbocycles. The van der Waals surface area contributed by atoms with Crippen LogP contribution < -0.4 is 10.6 Å². The number of halogens is 2. The Balaban J connectivity index is 0.00000261. The highest BCUT2D eigenvalue weighted by atomic mass is 127. The van der Waals surface area contributed by atoms with Gasteiger partial charge in [-0.3, -0.25) is 4.99 Å². The molecular weight excluding hydrogens is 541 g/mol. The van der Waals surface area contributed by atoms with E-state index >= 15 is 0 Å². The van der Waals surface area contributed by atoms with E-state index in [0.29, 0.717) is 6.54 Å². The maximum Gasteiger partial charge on any atom is 0.191 e. The lowest BCUT2D eigenvalue weighted by Crippen LogP contribution is -2.41. The lowest BCUT2D eigenvalue weighted by molar-refractivity contribution is 0.549.